The normalized spacial score (nSPS) is 11.5. The van der Waals surface area contributed by atoms with Crippen LogP contribution in [0.5, 0.6) is 0 Å². The van der Waals surface area contributed by atoms with Crippen LogP contribution in [-0.2, 0) is 17.5 Å². The van der Waals surface area contributed by atoms with Crippen LogP contribution in [0.15, 0.2) is 35.1 Å². The highest BCUT2D eigenvalue weighted by Crippen LogP contribution is 2.35. The van der Waals surface area contributed by atoms with Crippen molar-refractivity contribution in [1.29, 1.82) is 0 Å². The molecule has 0 unspecified atom stereocenters. The summed E-state index contributed by atoms with van der Waals surface area (Å²) in [5.74, 6) is -1.10. The van der Waals surface area contributed by atoms with Crippen LogP contribution in [-0.4, -0.2) is 18.0 Å². The van der Waals surface area contributed by atoms with E-state index < -0.39 is 28.9 Å². The van der Waals surface area contributed by atoms with Gasteiger partial charge in [0.2, 0.25) is 0 Å². The highest BCUT2D eigenvalue weighted by molar-refractivity contribution is 5.93. The number of aromatic nitrogens is 1. The zero-order valence-electron chi connectivity index (χ0n) is 12.0. The van der Waals surface area contributed by atoms with Crippen molar-refractivity contribution in [2.45, 2.75) is 12.8 Å². The van der Waals surface area contributed by atoms with Crippen molar-refractivity contribution in [3.8, 4) is 11.1 Å². The number of carbonyl (C=O) groups is 1. The molecule has 122 valence electrons. The second-order valence-electron chi connectivity index (χ2n) is 4.79. The summed E-state index contributed by atoms with van der Waals surface area (Å²) in [5, 5.41) is 0. The van der Waals surface area contributed by atoms with Gasteiger partial charge in [-0.2, -0.15) is 13.2 Å². The van der Waals surface area contributed by atoms with Gasteiger partial charge in [0.1, 0.15) is 11.3 Å². The van der Waals surface area contributed by atoms with Gasteiger partial charge in [-0.1, -0.05) is 24.3 Å². The van der Waals surface area contributed by atoms with Crippen LogP contribution in [0.25, 0.3) is 11.1 Å². The third kappa shape index (κ3) is 3.59. The van der Waals surface area contributed by atoms with Crippen molar-refractivity contribution in [3.05, 3.63) is 57.5 Å². The number of carbonyl (C=O) groups excluding carboxylic acids is 1. The number of pyridine rings is 1. The van der Waals surface area contributed by atoms with E-state index >= 15 is 0 Å². The molecule has 0 aliphatic heterocycles. The molecule has 8 heteroatoms. The summed E-state index contributed by atoms with van der Waals surface area (Å²) >= 11 is 0. The van der Waals surface area contributed by atoms with E-state index in [4.69, 9.17) is 10.5 Å². The summed E-state index contributed by atoms with van der Waals surface area (Å²) in [6.07, 6.45) is -4.78. The van der Waals surface area contributed by atoms with Crippen molar-refractivity contribution in [1.82, 2.24) is 4.98 Å². The van der Waals surface area contributed by atoms with Gasteiger partial charge in [0.25, 0.3) is 11.5 Å². The Kier molecular flexibility index (Phi) is 4.55. The highest BCUT2D eigenvalue weighted by Gasteiger charge is 2.36. The van der Waals surface area contributed by atoms with Crippen LogP contribution in [0, 0.1) is 0 Å². The smallest absolute Gasteiger partial charge is 0.380 e. The molecule has 0 bridgehead atoms. The van der Waals surface area contributed by atoms with E-state index in [9.17, 15) is 22.8 Å². The predicted octanol–water partition coefficient (Wildman–Crippen LogP) is 2.31. The molecule has 0 saturated carbocycles. The van der Waals surface area contributed by atoms with Gasteiger partial charge in [0.15, 0.2) is 0 Å². The molecule has 2 aromatic rings. The van der Waals surface area contributed by atoms with Gasteiger partial charge in [-0.15, -0.1) is 0 Å². The van der Waals surface area contributed by atoms with Crippen LogP contribution < -0.4 is 11.3 Å². The molecule has 0 saturated heterocycles. The lowest BCUT2D eigenvalue weighted by Gasteiger charge is -2.14. The number of aromatic amines is 1. The maximum Gasteiger partial charge on any atom is 0.431 e. The van der Waals surface area contributed by atoms with Gasteiger partial charge in [-0.25, -0.2) is 0 Å². The predicted molar refractivity (Wildman–Crippen MR) is 76.7 cm³/mol. The first-order valence-electron chi connectivity index (χ1n) is 6.46. The standard InChI is InChI=1S/C15H13F3N2O3/c1-23-7-8-2-4-9(5-3-8)10-6-11(13(19)21)14(22)20-12(10)15(16,17)18/h2-6H,7H2,1H3,(H2,19,21)(H,20,22). The number of nitrogens with one attached hydrogen (secondary N) is 1. The summed E-state index contributed by atoms with van der Waals surface area (Å²) in [6, 6.07) is 6.93. The van der Waals surface area contributed by atoms with E-state index in [2.05, 4.69) is 0 Å². The first-order valence-corrected chi connectivity index (χ1v) is 6.46. The zero-order chi connectivity index (χ0) is 17.2. The monoisotopic (exact) mass is 326 g/mol. The molecule has 0 atom stereocenters. The molecule has 1 heterocycles. The van der Waals surface area contributed by atoms with Gasteiger partial charge in [-0.3, -0.25) is 9.59 Å². The topological polar surface area (TPSA) is 85.2 Å². The summed E-state index contributed by atoms with van der Waals surface area (Å²) < 4.78 is 44.4. The third-order valence-electron chi connectivity index (χ3n) is 3.17. The van der Waals surface area contributed by atoms with Crippen molar-refractivity contribution in [2.75, 3.05) is 7.11 Å². The molecule has 23 heavy (non-hydrogen) atoms. The quantitative estimate of drug-likeness (QED) is 0.904. The second kappa shape index (κ2) is 6.25. The molecule has 1 aromatic heterocycles. The molecule has 0 aliphatic carbocycles. The molecule has 0 fully saturated rings. The molecule has 1 amide bonds. The highest BCUT2D eigenvalue weighted by atomic mass is 19.4. The van der Waals surface area contributed by atoms with Gasteiger partial charge in [0.05, 0.1) is 6.61 Å². The number of halogens is 3. The van der Waals surface area contributed by atoms with E-state index in [1.807, 2.05) is 0 Å². The number of H-pyrrole nitrogens is 1. The SMILES string of the molecule is COCc1ccc(-c2cc(C(N)=O)c(=O)[nH]c2C(F)(F)F)cc1. The van der Waals surface area contributed by atoms with Gasteiger partial charge in [0, 0.05) is 12.7 Å². The number of nitrogens with two attached hydrogens (primary N) is 1. The van der Waals surface area contributed by atoms with Crippen LogP contribution in [0.3, 0.4) is 0 Å². The molecule has 0 spiro atoms. The number of alkyl halides is 3. The van der Waals surface area contributed by atoms with Crippen molar-refractivity contribution in [3.63, 3.8) is 0 Å². The average molecular weight is 326 g/mol. The van der Waals surface area contributed by atoms with Crippen LogP contribution >= 0.6 is 0 Å². The third-order valence-corrected chi connectivity index (χ3v) is 3.17. The zero-order valence-corrected chi connectivity index (χ0v) is 12.0. The molecule has 3 N–H and O–H groups in total. The Morgan fingerprint density at radius 2 is 1.87 bits per heavy atom. The maximum atomic E-state index is 13.1. The molecule has 2 rings (SSSR count). The Labute approximate surface area is 128 Å². The van der Waals surface area contributed by atoms with Gasteiger partial charge in [-0.05, 0) is 17.2 Å². The Bertz CT molecular complexity index is 780. The Hall–Kier alpha value is -2.61. The number of hydrogen-bond acceptors (Lipinski definition) is 3. The average Bonchev–Trinajstić information content (AvgIpc) is 2.47. The molecule has 0 aliphatic rings. The first-order chi connectivity index (χ1) is 10.7. The number of rotatable bonds is 4. The Morgan fingerprint density at radius 1 is 1.26 bits per heavy atom. The molecule has 5 nitrogen and oxygen atoms in total. The maximum absolute atomic E-state index is 13.1. The van der Waals surface area contributed by atoms with Gasteiger partial charge < -0.3 is 15.5 Å². The van der Waals surface area contributed by atoms with E-state index in [-0.39, 0.29) is 11.1 Å². The largest absolute Gasteiger partial charge is 0.431 e. The van der Waals surface area contributed by atoms with Crippen molar-refractivity contribution >= 4 is 5.91 Å². The second-order valence-corrected chi connectivity index (χ2v) is 4.79. The number of amides is 1. The fraction of sp³-hybridized carbons (Fsp3) is 0.200. The molecular formula is C15H13F3N2O3. The van der Waals surface area contributed by atoms with E-state index in [1.54, 1.807) is 17.1 Å². The Morgan fingerprint density at radius 3 is 2.35 bits per heavy atom. The first kappa shape index (κ1) is 16.8. The van der Waals surface area contributed by atoms with Crippen LogP contribution in [0.2, 0.25) is 0 Å². The van der Waals surface area contributed by atoms with E-state index in [1.165, 1.54) is 19.2 Å². The summed E-state index contributed by atoms with van der Waals surface area (Å²) in [4.78, 5) is 24.5. The number of ether oxygens (including phenoxy) is 1. The summed E-state index contributed by atoms with van der Waals surface area (Å²) in [6.45, 7) is 0.310. The molecule has 0 radical (unpaired) electrons. The van der Waals surface area contributed by atoms with Crippen molar-refractivity contribution in [2.24, 2.45) is 5.73 Å². The fourth-order valence-electron chi connectivity index (χ4n) is 2.11. The number of methoxy groups -OCH3 is 1. The van der Waals surface area contributed by atoms with Gasteiger partial charge >= 0.3 is 6.18 Å². The minimum Gasteiger partial charge on any atom is -0.380 e. The summed E-state index contributed by atoms with van der Waals surface area (Å²) in [7, 11) is 1.50. The number of hydrogen-bond donors (Lipinski definition) is 2. The van der Waals surface area contributed by atoms with E-state index in [0.29, 0.717) is 6.61 Å². The van der Waals surface area contributed by atoms with E-state index in [0.717, 1.165) is 11.6 Å². The fourth-order valence-corrected chi connectivity index (χ4v) is 2.11. The minimum absolute atomic E-state index is 0.191. The molecular weight excluding hydrogens is 313 g/mol. The van der Waals surface area contributed by atoms with Crippen molar-refractivity contribution < 1.29 is 22.7 Å². The number of primary amides is 1. The lowest BCUT2D eigenvalue weighted by Crippen LogP contribution is -2.27. The minimum atomic E-state index is -4.78. The van der Waals surface area contributed by atoms with Crippen LogP contribution in [0.4, 0.5) is 13.2 Å². The lowest BCUT2D eigenvalue weighted by molar-refractivity contribution is -0.140. The van der Waals surface area contributed by atoms with Crippen LogP contribution in [0.1, 0.15) is 21.6 Å². The lowest BCUT2D eigenvalue weighted by atomic mass is 10.00. The number of benzene rings is 1. The molecule has 1 aromatic carbocycles. The Balaban J connectivity index is 2.65. The summed E-state index contributed by atoms with van der Waals surface area (Å²) in [5.41, 5.74) is 2.72.